The maximum Gasteiger partial charge on any atom is 0.328 e. The number of aromatic nitrogens is 2. The first-order valence-corrected chi connectivity index (χ1v) is 11.8. The molecule has 0 saturated carbocycles. The molecule has 34 heavy (non-hydrogen) atoms. The lowest BCUT2D eigenvalue weighted by Crippen LogP contribution is -2.57. The number of ether oxygens (including phenoxy) is 2. The molecule has 0 bridgehead atoms. The van der Waals surface area contributed by atoms with Crippen LogP contribution < -0.4 is 4.74 Å². The number of methoxy groups -OCH3 is 2. The predicted molar refractivity (Wildman–Crippen MR) is 128 cm³/mol. The summed E-state index contributed by atoms with van der Waals surface area (Å²) < 4.78 is 12.2. The molecule has 0 aliphatic carbocycles. The van der Waals surface area contributed by atoms with Crippen LogP contribution in [0.15, 0.2) is 24.3 Å². The Bertz CT molecular complexity index is 1060. The lowest BCUT2D eigenvalue weighted by atomic mass is 9.85. The first-order valence-electron chi connectivity index (χ1n) is 11.5. The van der Waals surface area contributed by atoms with Crippen molar-refractivity contribution in [2.75, 3.05) is 40.5 Å². The van der Waals surface area contributed by atoms with Crippen LogP contribution in [0.4, 0.5) is 4.79 Å². The molecule has 2 aromatic rings. The van der Waals surface area contributed by atoms with Gasteiger partial charge in [0.1, 0.15) is 16.4 Å². The number of carbonyl (C=O) groups is 2. The number of carbonyl (C=O) groups excluding carboxylic acids is 2. The molecular formula is C24H32ClN5O4. The summed E-state index contributed by atoms with van der Waals surface area (Å²) in [7, 11) is 5.03. The zero-order chi connectivity index (χ0) is 24.5. The summed E-state index contributed by atoms with van der Waals surface area (Å²) in [6, 6.07) is 7.20. The topological polar surface area (TPSA) is 80.1 Å². The number of benzene rings is 1. The van der Waals surface area contributed by atoms with Gasteiger partial charge in [0.05, 0.1) is 26.0 Å². The van der Waals surface area contributed by atoms with Gasteiger partial charge >= 0.3 is 6.03 Å². The molecule has 2 fully saturated rings. The number of aryl methyl sites for hydroxylation is 2. The maximum atomic E-state index is 13.7. The highest BCUT2D eigenvalue weighted by Crippen LogP contribution is 2.38. The molecule has 0 unspecified atom stereocenters. The molecule has 184 valence electrons. The van der Waals surface area contributed by atoms with Gasteiger partial charge in [-0.1, -0.05) is 23.7 Å². The van der Waals surface area contributed by atoms with E-state index in [1.54, 1.807) is 23.8 Å². The summed E-state index contributed by atoms with van der Waals surface area (Å²) in [6.07, 6.45) is 1.12. The second-order valence-electron chi connectivity index (χ2n) is 8.96. The highest BCUT2D eigenvalue weighted by Gasteiger charge is 2.57. The maximum absolute atomic E-state index is 13.7. The summed E-state index contributed by atoms with van der Waals surface area (Å²) in [5, 5.41) is 5.03. The largest absolute Gasteiger partial charge is 0.497 e. The Morgan fingerprint density at radius 2 is 1.88 bits per heavy atom. The van der Waals surface area contributed by atoms with E-state index >= 15 is 0 Å². The predicted octanol–water partition coefficient (Wildman–Crippen LogP) is 2.84. The number of halogens is 1. The van der Waals surface area contributed by atoms with Gasteiger partial charge in [-0.05, 0) is 37.5 Å². The van der Waals surface area contributed by atoms with E-state index in [1.165, 1.54) is 4.90 Å². The Morgan fingerprint density at radius 1 is 1.15 bits per heavy atom. The van der Waals surface area contributed by atoms with Crippen molar-refractivity contribution in [3.8, 4) is 5.75 Å². The SMILES string of the molecule is COCCN1C(=O)N(Cc2cccc(OC)c2)C(=O)C12CCN(Cc1c(C)nn(C)c1Cl)CC2. The fourth-order valence-corrected chi connectivity index (χ4v) is 5.24. The number of imide groups is 1. The van der Waals surface area contributed by atoms with Crippen LogP contribution >= 0.6 is 11.6 Å². The summed E-state index contributed by atoms with van der Waals surface area (Å²) in [6.45, 7) is 4.96. The van der Waals surface area contributed by atoms with Crippen molar-refractivity contribution in [1.82, 2.24) is 24.5 Å². The minimum atomic E-state index is -0.848. The van der Waals surface area contributed by atoms with Crippen molar-refractivity contribution in [1.29, 1.82) is 0 Å². The Kier molecular flexibility index (Phi) is 7.16. The minimum Gasteiger partial charge on any atom is -0.497 e. The number of nitrogens with zero attached hydrogens (tertiary/aromatic N) is 5. The Balaban J connectivity index is 1.53. The molecule has 3 heterocycles. The van der Waals surface area contributed by atoms with Crippen LogP contribution in [0.3, 0.4) is 0 Å². The van der Waals surface area contributed by atoms with Crippen molar-refractivity contribution >= 4 is 23.5 Å². The van der Waals surface area contributed by atoms with Crippen LogP contribution in [0.5, 0.6) is 5.75 Å². The standard InChI is InChI=1S/C24H32ClN5O4/c1-17-20(21(25)27(2)26-17)16-28-10-8-24(9-11-28)22(31)29(23(32)30(24)12-13-33-3)15-18-6-5-7-19(14-18)34-4/h5-7,14H,8-13,15-16H2,1-4H3. The van der Waals surface area contributed by atoms with Gasteiger partial charge in [0, 0.05) is 45.9 Å². The molecule has 9 nitrogen and oxygen atoms in total. The minimum absolute atomic E-state index is 0.133. The van der Waals surface area contributed by atoms with Crippen LogP contribution in [0.2, 0.25) is 5.15 Å². The summed E-state index contributed by atoms with van der Waals surface area (Å²) in [5.74, 6) is 0.562. The summed E-state index contributed by atoms with van der Waals surface area (Å²) >= 11 is 6.43. The molecule has 0 radical (unpaired) electrons. The van der Waals surface area contributed by atoms with Crippen molar-refractivity contribution in [2.45, 2.75) is 38.4 Å². The highest BCUT2D eigenvalue weighted by atomic mass is 35.5. The van der Waals surface area contributed by atoms with Gasteiger partial charge < -0.3 is 14.4 Å². The Labute approximate surface area is 205 Å². The lowest BCUT2D eigenvalue weighted by Gasteiger charge is -2.42. The first-order chi connectivity index (χ1) is 16.3. The number of rotatable bonds is 8. The summed E-state index contributed by atoms with van der Waals surface area (Å²) in [4.78, 5) is 32.5. The molecule has 1 aromatic carbocycles. The molecule has 0 N–H and O–H groups in total. The van der Waals surface area contributed by atoms with Gasteiger partial charge in [0.2, 0.25) is 0 Å². The molecule has 2 saturated heterocycles. The molecule has 0 atom stereocenters. The highest BCUT2D eigenvalue weighted by molar-refractivity contribution is 6.30. The average molecular weight is 490 g/mol. The van der Waals surface area contributed by atoms with Crippen molar-refractivity contribution < 1.29 is 19.1 Å². The molecule has 1 aromatic heterocycles. The number of hydrogen-bond donors (Lipinski definition) is 0. The Hall–Kier alpha value is -2.62. The molecule has 2 aliphatic rings. The number of hydrogen-bond acceptors (Lipinski definition) is 6. The number of urea groups is 1. The first kappa shape index (κ1) is 24.5. The van der Waals surface area contributed by atoms with E-state index in [2.05, 4.69) is 10.00 Å². The molecule has 1 spiro atoms. The van der Waals surface area contributed by atoms with E-state index in [0.29, 0.717) is 56.5 Å². The zero-order valence-corrected chi connectivity index (χ0v) is 21.0. The quantitative estimate of drug-likeness (QED) is 0.530. The van der Waals surface area contributed by atoms with Gasteiger partial charge in [-0.2, -0.15) is 5.10 Å². The van der Waals surface area contributed by atoms with Crippen LogP contribution in [-0.4, -0.2) is 82.4 Å². The second kappa shape index (κ2) is 9.93. The summed E-state index contributed by atoms with van der Waals surface area (Å²) in [5.41, 5.74) is 1.92. The number of amides is 3. The third-order valence-electron chi connectivity index (χ3n) is 6.95. The van der Waals surface area contributed by atoms with Gasteiger partial charge in [-0.15, -0.1) is 0 Å². The van der Waals surface area contributed by atoms with Crippen LogP contribution in [0, 0.1) is 6.92 Å². The molecule has 4 rings (SSSR count). The monoisotopic (exact) mass is 489 g/mol. The fraction of sp³-hybridized carbons (Fsp3) is 0.542. The zero-order valence-electron chi connectivity index (χ0n) is 20.2. The van der Waals surface area contributed by atoms with Crippen LogP contribution in [0.25, 0.3) is 0 Å². The normalized spacial score (nSPS) is 18.4. The smallest absolute Gasteiger partial charge is 0.328 e. The van der Waals surface area contributed by atoms with E-state index in [4.69, 9.17) is 21.1 Å². The molecule has 2 aliphatic heterocycles. The van der Waals surface area contributed by atoms with E-state index in [0.717, 1.165) is 16.8 Å². The van der Waals surface area contributed by atoms with Crippen molar-refractivity contribution in [3.05, 3.63) is 46.2 Å². The molecular weight excluding hydrogens is 458 g/mol. The van der Waals surface area contributed by atoms with Gasteiger partial charge in [0.25, 0.3) is 5.91 Å². The van der Waals surface area contributed by atoms with Gasteiger partial charge in [-0.25, -0.2) is 4.79 Å². The number of piperidine rings is 1. The second-order valence-corrected chi connectivity index (χ2v) is 9.31. The lowest BCUT2D eigenvalue weighted by molar-refractivity contribution is -0.136. The van der Waals surface area contributed by atoms with Crippen molar-refractivity contribution in [3.63, 3.8) is 0 Å². The van der Waals surface area contributed by atoms with Crippen LogP contribution in [0.1, 0.15) is 29.7 Å². The fourth-order valence-electron chi connectivity index (χ4n) is 5.01. The average Bonchev–Trinajstić information content (AvgIpc) is 3.18. The Morgan fingerprint density at radius 3 is 2.50 bits per heavy atom. The molecule has 3 amide bonds. The van der Waals surface area contributed by atoms with E-state index in [-0.39, 0.29) is 18.5 Å². The van der Waals surface area contributed by atoms with Crippen LogP contribution in [-0.2, 0) is 29.7 Å². The van der Waals surface area contributed by atoms with E-state index < -0.39 is 5.54 Å². The van der Waals surface area contributed by atoms with E-state index in [1.807, 2.05) is 38.2 Å². The third-order valence-corrected chi connectivity index (χ3v) is 7.42. The molecule has 10 heteroatoms. The van der Waals surface area contributed by atoms with E-state index in [9.17, 15) is 9.59 Å². The van der Waals surface area contributed by atoms with Gasteiger partial charge in [-0.3, -0.25) is 19.3 Å². The van der Waals surface area contributed by atoms with Crippen molar-refractivity contribution in [2.24, 2.45) is 7.05 Å². The third kappa shape index (κ3) is 4.39. The van der Waals surface area contributed by atoms with Gasteiger partial charge in [0.15, 0.2) is 0 Å². The number of likely N-dealkylation sites (tertiary alicyclic amines) is 1.